The highest BCUT2D eigenvalue weighted by atomic mass is 32.2. The van der Waals surface area contributed by atoms with Gasteiger partial charge in [-0.15, -0.1) is 11.8 Å². The Balaban J connectivity index is 3.00. The second-order valence-electron chi connectivity index (χ2n) is 4.36. The summed E-state index contributed by atoms with van der Waals surface area (Å²) in [6.45, 7) is 3.31. The van der Waals surface area contributed by atoms with Crippen LogP contribution in [0.5, 0.6) is 5.75 Å². The van der Waals surface area contributed by atoms with E-state index >= 15 is 0 Å². The van der Waals surface area contributed by atoms with E-state index in [2.05, 4.69) is 0 Å². The van der Waals surface area contributed by atoms with Crippen LogP contribution in [0.15, 0.2) is 23.1 Å². The van der Waals surface area contributed by atoms with Crippen LogP contribution < -0.4 is 0 Å². The van der Waals surface area contributed by atoms with E-state index < -0.39 is 11.4 Å². The Hall–Kier alpha value is -1.16. The molecule has 0 aliphatic carbocycles. The second-order valence-corrected chi connectivity index (χ2v) is 5.24. The van der Waals surface area contributed by atoms with Crippen LogP contribution >= 0.6 is 11.8 Å². The predicted molar refractivity (Wildman–Crippen MR) is 65.0 cm³/mol. The van der Waals surface area contributed by atoms with Gasteiger partial charge in [-0.05, 0) is 50.3 Å². The van der Waals surface area contributed by atoms with Crippen molar-refractivity contribution in [3.8, 4) is 5.75 Å². The van der Waals surface area contributed by atoms with Crippen LogP contribution in [-0.2, 0) is 11.2 Å². The second kappa shape index (κ2) is 4.78. The number of aliphatic carboxylic acids is 1. The Bertz CT molecular complexity index is 399. The van der Waals surface area contributed by atoms with Crippen LogP contribution in [-0.4, -0.2) is 22.4 Å². The summed E-state index contributed by atoms with van der Waals surface area (Å²) in [6.07, 6.45) is 2.26. The number of carboxylic acids is 1. The number of thioether (sulfide) groups is 1. The van der Waals surface area contributed by atoms with Gasteiger partial charge in [-0.25, -0.2) is 0 Å². The number of hydrogen-bond acceptors (Lipinski definition) is 3. The first kappa shape index (κ1) is 12.9. The highest BCUT2D eigenvalue weighted by Crippen LogP contribution is 2.30. The van der Waals surface area contributed by atoms with Crippen molar-refractivity contribution < 1.29 is 15.0 Å². The molecule has 0 atom stereocenters. The summed E-state index contributed by atoms with van der Waals surface area (Å²) >= 11 is 1.57. The van der Waals surface area contributed by atoms with Crippen molar-refractivity contribution in [1.82, 2.24) is 0 Å². The number of hydrogen-bond donors (Lipinski definition) is 2. The fraction of sp³-hybridized carbons (Fsp3) is 0.417. The minimum absolute atomic E-state index is 0.159. The van der Waals surface area contributed by atoms with Crippen molar-refractivity contribution in [1.29, 1.82) is 0 Å². The van der Waals surface area contributed by atoms with Gasteiger partial charge >= 0.3 is 5.97 Å². The van der Waals surface area contributed by atoms with Gasteiger partial charge in [-0.3, -0.25) is 4.79 Å². The molecular formula is C12H16O3S. The zero-order chi connectivity index (χ0) is 12.3. The zero-order valence-corrected chi connectivity index (χ0v) is 10.5. The van der Waals surface area contributed by atoms with Crippen molar-refractivity contribution in [2.75, 3.05) is 6.26 Å². The van der Waals surface area contributed by atoms with Crippen LogP contribution in [0.1, 0.15) is 19.4 Å². The zero-order valence-electron chi connectivity index (χ0n) is 9.65. The number of carboxylic acid groups (broad SMARTS) is 1. The molecule has 1 aromatic carbocycles. The quantitative estimate of drug-likeness (QED) is 0.794. The van der Waals surface area contributed by atoms with Gasteiger partial charge in [0.1, 0.15) is 5.75 Å². The third kappa shape index (κ3) is 2.92. The fourth-order valence-electron chi connectivity index (χ4n) is 1.38. The molecule has 0 aromatic heterocycles. The van der Waals surface area contributed by atoms with Gasteiger partial charge in [-0.2, -0.15) is 0 Å². The molecule has 0 aliphatic heterocycles. The van der Waals surface area contributed by atoms with E-state index in [0.29, 0.717) is 12.0 Å². The van der Waals surface area contributed by atoms with E-state index in [1.165, 1.54) is 0 Å². The molecule has 4 heteroatoms. The van der Waals surface area contributed by atoms with E-state index in [1.54, 1.807) is 31.7 Å². The molecule has 0 aliphatic rings. The first-order chi connectivity index (χ1) is 7.36. The van der Waals surface area contributed by atoms with Gasteiger partial charge in [0.15, 0.2) is 0 Å². The van der Waals surface area contributed by atoms with Crippen LogP contribution in [0.3, 0.4) is 0 Å². The Kier molecular flexibility index (Phi) is 3.86. The van der Waals surface area contributed by atoms with E-state index in [9.17, 15) is 9.90 Å². The summed E-state index contributed by atoms with van der Waals surface area (Å²) in [4.78, 5) is 12.0. The van der Waals surface area contributed by atoms with Gasteiger partial charge in [0.05, 0.1) is 5.41 Å². The Labute approximate surface area is 99.5 Å². The smallest absolute Gasteiger partial charge is 0.309 e. The van der Waals surface area contributed by atoms with Crippen LogP contribution in [0.25, 0.3) is 0 Å². The molecule has 0 heterocycles. The minimum atomic E-state index is -0.867. The highest BCUT2D eigenvalue weighted by molar-refractivity contribution is 7.98. The largest absolute Gasteiger partial charge is 0.508 e. The topological polar surface area (TPSA) is 57.5 Å². The number of phenolic OH excluding ortho intramolecular Hbond substituents is 1. The van der Waals surface area contributed by atoms with Crippen molar-refractivity contribution >= 4 is 17.7 Å². The summed E-state index contributed by atoms with van der Waals surface area (Å²) in [5.74, 6) is -0.700. The SMILES string of the molecule is CSc1ccc(O)c(CC(C)(C)C(=O)O)c1. The summed E-state index contributed by atoms with van der Waals surface area (Å²) in [6, 6.07) is 5.26. The molecule has 16 heavy (non-hydrogen) atoms. The molecule has 1 rings (SSSR count). The maximum absolute atomic E-state index is 11.0. The number of aromatic hydroxyl groups is 1. The molecule has 88 valence electrons. The molecule has 0 amide bonds. The average Bonchev–Trinajstić information content (AvgIpc) is 2.21. The first-order valence-electron chi connectivity index (χ1n) is 4.96. The van der Waals surface area contributed by atoms with Crippen molar-refractivity contribution in [3.63, 3.8) is 0 Å². The molecule has 3 nitrogen and oxygen atoms in total. The van der Waals surface area contributed by atoms with Gasteiger partial charge in [0.2, 0.25) is 0 Å². The van der Waals surface area contributed by atoms with Crippen molar-refractivity contribution in [2.45, 2.75) is 25.2 Å². The van der Waals surface area contributed by atoms with Gasteiger partial charge in [0.25, 0.3) is 0 Å². The molecule has 0 saturated carbocycles. The minimum Gasteiger partial charge on any atom is -0.508 e. The van der Waals surface area contributed by atoms with E-state index in [4.69, 9.17) is 5.11 Å². The molecule has 0 bridgehead atoms. The van der Waals surface area contributed by atoms with Crippen molar-refractivity contribution in [3.05, 3.63) is 23.8 Å². The monoisotopic (exact) mass is 240 g/mol. The lowest BCUT2D eigenvalue weighted by Crippen LogP contribution is -2.26. The Morgan fingerprint density at radius 2 is 2.06 bits per heavy atom. The fourth-order valence-corrected chi connectivity index (χ4v) is 1.85. The maximum Gasteiger partial charge on any atom is 0.309 e. The summed E-state index contributed by atoms with van der Waals surface area (Å²) in [7, 11) is 0. The Morgan fingerprint density at radius 1 is 1.44 bits per heavy atom. The number of phenols is 1. The number of benzene rings is 1. The van der Waals surface area contributed by atoms with E-state index in [-0.39, 0.29) is 5.75 Å². The van der Waals surface area contributed by atoms with E-state index in [0.717, 1.165) is 4.90 Å². The third-order valence-electron chi connectivity index (χ3n) is 2.50. The van der Waals surface area contributed by atoms with Crippen molar-refractivity contribution in [2.24, 2.45) is 5.41 Å². The first-order valence-corrected chi connectivity index (χ1v) is 6.18. The van der Waals surface area contributed by atoms with Gasteiger partial charge < -0.3 is 10.2 Å². The standard InChI is InChI=1S/C12H16O3S/c1-12(2,11(14)15)7-8-6-9(16-3)4-5-10(8)13/h4-6,13H,7H2,1-3H3,(H,14,15). The molecule has 0 fully saturated rings. The lowest BCUT2D eigenvalue weighted by molar-refractivity contribution is -0.146. The highest BCUT2D eigenvalue weighted by Gasteiger charge is 2.28. The molecule has 0 radical (unpaired) electrons. The summed E-state index contributed by atoms with van der Waals surface area (Å²) < 4.78 is 0. The lowest BCUT2D eigenvalue weighted by Gasteiger charge is -2.19. The number of rotatable bonds is 4. The Morgan fingerprint density at radius 3 is 2.56 bits per heavy atom. The van der Waals surface area contributed by atoms with Gasteiger partial charge in [-0.1, -0.05) is 0 Å². The molecule has 1 aromatic rings. The number of carbonyl (C=O) groups is 1. The molecule has 0 unspecified atom stereocenters. The summed E-state index contributed by atoms with van der Waals surface area (Å²) in [5, 5.41) is 18.7. The van der Waals surface area contributed by atoms with Gasteiger partial charge in [0, 0.05) is 4.90 Å². The third-order valence-corrected chi connectivity index (χ3v) is 3.22. The molecular weight excluding hydrogens is 224 g/mol. The predicted octanol–water partition coefficient (Wildman–Crippen LogP) is 2.77. The van der Waals surface area contributed by atoms with Crippen LogP contribution in [0, 0.1) is 5.41 Å². The summed E-state index contributed by atoms with van der Waals surface area (Å²) in [5.41, 5.74) is -0.187. The molecule has 2 N–H and O–H groups in total. The molecule has 0 spiro atoms. The van der Waals surface area contributed by atoms with E-state index in [1.807, 2.05) is 18.4 Å². The maximum atomic E-state index is 11.0. The lowest BCUT2D eigenvalue weighted by atomic mass is 9.85. The molecule has 0 saturated heterocycles. The normalized spacial score (nSPS) is 11.4. The van der Waals surface area contributed by atoms with Crippen LogP contribution in [0.4, 0.5) is 0 Å². The van der Waals surface area contributed by atoms with Crippen LogP contribution in [0.2, 0.25) is 0 Å². The average molecular weight is 240 g/mol.